The summed E-state index contributed by atoms with van der Waals surface area (Å²) in [6, 6.07) is 25.3. The van der Waals surface area contributed by atoms with Crippen LogP contribution in [-0.2, 0) is 0 Å². The van der Waals surface area contributed by atoms with E-state index in [1.807, 2.05) is 50.2 Å². The minimum Gasteiger partial charge on any atom is -0.505 e. The van der Waals surface area contributed by atoms with Crippen LogP contribution in [0.2, 0.25) is 0 Å². The van der Waals surface area contributed by atoms with E-state index in [4.69, 9.17) is 0 Å². The van der Waals surface area contributed by atoms with Gasteiger partial charge >= 0.3 is 5.97 Å². The Hall–Kier alpha value is -4.84. The third kappa shape index (κ3) is 4.09. The molecule has 3 N–H and O–H groups in total. The summed E-state index contributed by atoms with van der Waals surface area (Å²) < 4.78 is 1.80. The Morgan fingerprint density at radius 1 is 0.861 bits per heavy atom. The molecule has 4 aromatic carbocycles. The number of hydrogen-bond donors (Lipinski definition) is 3. The van der Waals surface area contributed by atoms with Gasteiger partial charge in [0.2, 0.25) is 5.88 Å². The highest BCUT2D eigenvalue weighted by Gasteiger charge is 2.17. The molecule has 0 aliphatic rings. The molecule has 0 saturated heterocycles. The van der Waals surface area contributed by atoms with E-state index in [9.17, 15) is 20.1 Å². The fourth-order valence-electron chi connectivity index (χ4n) is 4.54. The minimum absolute atomic E-state index is 0.0507. The van der Waals surface area contributed by atoms with Crippen molar-refractivity contribution < 1.29 is 20.1 Å². The topological polar surface area (TPSA) is 95.0 Å². The third-order valence-corrected chi connectivity index (χ3v) is 6.12. The van der Waals surface area contributed by atoms with Crippen LogP contribution in [0.1, 0.15) is 27.0 Å². The molecule has 5 aromatic rings. The van der Waals surface area contributed by atoms with E-state index in [1.165, 1.54) is 12.1 Å². The molecule has 0 saturated carbocycles. The van der Waals surface area contributed by atoms with E-state index in [-0.39, 0.29) is 17.2 Å². The molecule has 0 aliphatic heterocycles. The molecule has 36 heavy (non-hydrogen) atoms. The van der Waals surface area contributed by atoms with Gasteiger partial charge in [-0.15, -0.1) is 0 Å². The highest BCUT2D eigenvalue weighted by molar-refractivity contribution is 6.04. The second kappa shape index (κ2) is 9.07. The van der Waals surface area contributed by atoms with Crippen LogP contribution < -0.4 is 0 Å². The van der Waals surface area contributed by atoms with E-state index in [0.29, 0.717) is 22.4 Å². The number of aromatic hydroxyl groups is 2. The van der Waals surface area contributed by atoms with E-state index in [1.54, 1.807) is 41.1 Å². The fourth-order valence-corrected chi connectivity index (χ4v) is 4.54. The quantitative estimate of drug-likeness (QED) is 0.244. The van der Waals surface area contributed by atoms with Crippen LogP contribution in [0.25, 0.3) is 27.7 Å². The molecule has 1 heterocycles. The average Bonchev–Trinajstić information content (AvgIpc) is 3.14. The standard InChI is InChI=1S/C30H24N2O4/c1-18-13-19(2)15-22(14-18)32-27-12-4-3-9-24(27)25(29(32)34)17-31-26-11-6-10-23(28(26)33)20-7-5-8-21(16-20)30(35)36/h3-17,33-34H,1-2H3,(H,35,36). The third-order valence-electron chi connectivity index (χ3n) is 6.12. The average molecular weight is 477 g/mol. The summed E-state index contributed by atoms with van der Waals surface area (Å²) in [5.41, 5.74) is 5.86. The lowest BCUT2D eigenvalue weighted by molar-refractivity contribution is 0.0697. The number of nitrogens with zero attached hydrogens (tertiary/aromatic N) is 2. The number of aromatic carboxylic acids is 1. The number of aryl methyl sites for hydroxylation is 2. The highest BCUT2D eigenvalue weighted by atomic mass is 16.4. The summed E-state index contributed by atoms with van der Waals surface area (Å²) in [4.78, 5) is 15.9. The highest BCUT2D eigenvalue weighted by Crippen LogP contribution is 2.39. The van der Waals surface area contributed by atoms with Gasteiger partial charge in [0, 0.05) is 22.9 Å². The lowest BCUT2D eigenvalue weighted by Gasteiger charge is -2.10. The summed E-state index contributed by atoms with van der Waals surface area (Å²) in [5.74, 6) is -1.07. The molecular weight excluding hydrogens is 452 g/mol. The zero-order valence-corrected chi connectivity index (χ0v) is 19.8. The number of carboxylic acid groups (broad SMARTS) is 1. The van der Waals surface area contributed by atoms with Crippen LogP contribution in [0.5, 0.6) is 11.6 Å². The van der Waals surface area contributed by atoms with Crippen LogP contribution in [0.4, 0.5) is 5.69 Å². The van der Waals surface area contributed by atoms with Crippen molar-refractivity contribution in [2.45, 2.75) is 13.8 Å². The number of phenolic OH excluding ortho intramolecular Hbond substituents is 1. The first-order valence-corrected chi connectivity index (χ1v) is 11.4. The molecular formula is C30H24N2O4. The number of hydrogen-bond acceptors (Lipinski definition) is 4. The Morgan fingerprint density at radius 2 is 1.58 bits per heavy atom. The Bertz CT molecular complexity index is 1640. The molecule has 0 radical (unpaired) electrons. The zero-order chi connectivity index (χ0) is 25.4. The van der Waals surface area contributed by atoms with Crippen molar-refractivity contribution in [2.75, 3.05) is 0 Å². The number of rotatable bonds is 5. The number of phenols is 1. The van der Waals surface area contributed by atoms with Gasteiger partial charge in [0.05, 0.1) is 16.6 Å². The smallest absolute Gasteiger partial charge is 0.335 e. The first kappa shape index (κ1) is 22.9. The second-order valence-corrected chi connectivity index (χ2v) is 8.75. The summed E-state index contributed by atoms with van der Waals surface area (Å²) in [7, 11) is 0. The maximum atomic E-state index is 11.4. The van der Waals surface area contributed by atoms with Crippen molar-refractivity contribution in [3.05, 3.63) is 107 Å². The van der Waals surface area contributed by atoms with Crippen LogP contribution in [-0.4, -0.2) is 32.1 Å². The zero-order valence-electron chi connectivity index (χ0n) is 19.8. The monoisotopic (exact) mass is 476 g/mol. The summed E-state index contributed by atoms with van der Waals surface area (Å²) >= 11 is 0. The number of carbonyl (C=O) groups is 1. The van der Waals surface area contributed by atoms with Gasteiger partial charge in [0.15, 0.2) is 0 Å². The Labute approximate surface area is 208 Å². The van der Waals surface area contributed by atoms with Crippen molar-refractivity contribution in [3.8, 4) is 28.4 Å². The largest absolute Gasteiger partial charge is 0.505 e. The molecule has 0 fully saturated rings. The van der Waals surface area contributed by atoms with Gasteiger partial charge < -0.3 is 15.3 Å². The van der Waals surface area contributed by atoms with E-state index >= 15 is 0 Å². The molecule has 5 rings (SSSR count). The van der Waals surface area contributed by atoms with Gasteiger partial charge in [-0.05, 0) is 66.9 Å². The summed E-state index contributed by atoms with van der Waals surface area (Å²) in [6.07, 6.45) is 1.54. The maximum Gasteiger partial charge on any atom is 0.335 e. The number of fused-ring (bicyclic) bond motifs is 1. The Kier molecular flexibility index (Phi) is 5.78. The summed E-state index contributed by atoms with van der Waals surface area (Å²) in [5, 5.41) is 32.3. The molecule has 6 heteroatoms. The van der Waals surface area contributed by atoms with Crippen molar-refractivity contribution in [1.82, 2.24) is 4.57 Å². The molecule has 0 atom stereocenters. The van der Waals surface area contributed by atoms with Crippen molar-refractivity contribution in [3.63, 3.8) is 0 Å². The van der Waals surface area contributed by atoms with Gasteiger partial charge in [-0.25, -0.2) is 4.79 Å². The fraction of sp³-hybridized carbons (Fsp3) is 0.0667. The minimum atomic E-state index is -1.04. The predicted molar refractivity (Wildman–Crippen MR) is 142 cm³/mol. The molecule has 178 valence electrons. The SMILES string of the molecule is Cc1cc(C)cc(-n2c(O)c(C=Nc3cccc(-c4cccc(C(=O)O)c4)c3O)c3ccccc32)c1. The number of para-hydroxylation sites is 2. The van der Waals surface area contributed by atoms with Gasteiger partial charge in [0.1, 0.15) is 11.4 Å². The van der Waals surface area contributed by atoms with Gasteiger partial charge in [0.25, 0.3) is 0 Å². The molecule has 6 nitrogen and oxygen atoms in total. The Balaban J connectivity index is 1.61. The molecule has 0 bridgehead atoms. The number of benzene rings is 4. The maximum absolute atomic E-state index is 11.4. The lowest BCUT2D eigenvalue weighted by Crippen LogP contribution is -1.95. The molecule has 0 spiro atoms. The first-order valence-electron chi connectivity index (χ1n) is 11.4. The van der Waals surface area contributed by atoms with E-state index in [0.717, 1.165) is 27.7 Å². The number of carboxylic acids is 1. The van der Waals surface area contributed by atoms with Gasteiger partial charge in [-0.2, -0.15) is 0 Å². The van der Waals surface area contributed by atoms with Crippen LogP contribution in [0.15, 0.2) is 89.9 Å². The lowest BCUT2D eigenvalue weighted by atomic mass is 10.0. The number of aromatic nitrogens is 1. The van der Waals surface area contributed by atoms with Gasteiger partial charge in [-0.3, -0.25) is 9.56 Å². The summed E-state index contributed by atoms with van der Waals surface area (Å²) in [6.45, 7) is 4.03. The molecule has 0 aliphatic carbocycles. The molecule has 0 amide bonds. The molecule has 0 unspecified atom stereocenters. The van der Waals surface area contributed by atoms with Gasteiger partial charge in [-0.1, -0.05) is 48.5 Å². The van der Waals surface area contributed by atoms with E-state index < -0.39 is 5.97 Å². The van der Waals surface area contributed by atoms with Crippen molar-refractivity contribution in [1.29, 1.82) is 0 Å². The van der Waals surface area contributed by atoms with Crippen LogP contribution in [0.3, 0.4) is 0 Å². The van der Waals surface area contributed by atoms with Crippen molar-refractivity contribution >= 4 is 28.8 Å². The normalized spacial score (nSPS) is 11.4. The second-order valence-electron chi connectivity index (χ2n) is 8.75. The van der Waals surface area contributed by atoms with Crippen LogP contribution >= 0.6 is 0 Å². The van der Waals surface area contributed by atoms with E-state index in [2.05, 4.69) is 11.1 Å². The van der Waals surface area contributed by atoms with Crippen molar-refractivity contribution in [2.24, 2.45) is 4.99 Å². The number of aliphatic imine (C=N–C) groups is 1. The Morgan fingerprint density at radius 3 is 2.33 bits per heavy atom. The predicted octanol–water partition coefficient (Wildman–Crippen LogP) is 6.77. The van der Waals surface area contributed by atoms with Crippen LogP contribution in [0, 0.1) is 13.8 Å². The first-order chi connectivity index (χ1) is 17.3. The molecule has 1 aromatic heterocycles.